The Labute approximate surface area is 200 Å². The highest BCUT2D eigenvalue weighted by Crippen LogP contribution is 2.19. The summed E-state index contributed by atoms with van der Waals surface area (Å²) in [7, 11) is 0. The first-order valence-electron chi connectivity index (χ1n) is 11.7. The summed E-state index contributed by atoms with van der Waals surface area (Å²) >= 11 is 0. The predicted octanol–water partition coefficient (Wildman–Crippen LogP) is 4.52. The summed E-state index contributed by atoms with van der Waals surface area (Å²) in [6.07, 6.45) is 1.30. The summed E-state index contributed by atoms with van der Waals surface area (Å²) in [5.74, 6) is 1.53. The zero-order chi connectivity index (χ0) is 24.3. The number of benzene rings is 2. The lowest BCUT2D eigenvalue weighted by Gasteiger charge is -2.15. The summed E-state index contributed by atoms with van der Waals surface area (Å²) in [5.41, 5.74) is 1.51. The lowest BCUT2D eigenvalue weighted by atomic mass is 10.1. The van der Waals surface area contributed by atoms with Gasteiger partial charge in [0.15, 0.2) is 0 Å². The van der Waals surface area contributed by atoms with E-state index in [1.165, 1.54) is 0 Å². The molecule has 0 amide bonds. The van der Waals surface area contributed by atoms with Gasteiger partial charge in [-0.15, -0.1) is 0 Å². The molecule has 1 atom stereocenters. The first kappa shape index (κ1) is 25.0. The summed E-state index contributed by atoms with van der Waals surface area (Å²) < 4.78 is 18.3. The van der Waals surface area contributed by atoms with Gasteiger partial charge in [-0.25, -0.2) is 4.98 Å². The third-order valence-corrected chi connectivity index (χ3v) is 5.44. The van der Waals surface area contributed by atoms with Crippen molar-refractivity contribution in [3.63, 3.8) is 0 Å². The lowest BCUT2D eigenvalue weighted by Crippen LogP contribution is -2.27. The molecular formula is C27H32N2O5. The van der Waals surface area contributed by atoms with E-state index in [0.717, 1.165) is 11.4 Å². The number of rotatable bonds is 12. The van der Waals surface area contributed by atoms with E-state index in [4.69, 9.17) is 14.2 Å². The monoisotopic (exact) mass is 464 g/mol. The minimum Gasteiger partial charge on any atom is -0.493 e. The molecule has 0 aliphatic heterocycles. The van der Waals surface area contributed by atoms with Gasteiger partial charge in [0.25, 0.3) is 5.56 Å². The Balaban J connectivity index is 1.56. The molecule has 3 aromatic rings. The van der Waals surface area contributed by atoms with E-state index in [-0.39, 0.29) is 24.1 Å². The molecule has 7 nitrogen and oxygen atoms in total. The van der Waals surface area contributed by atoms with Gasteiger partial charge < -0.3 is 14.2 Å². The van der Waals surface area contributed by atoms with Crippen LogP contribution in [-0.4, -0.2) is 35.3 Å². The van der Waals surface area contributed by atoms with Crippen LogP contribution in [0.3, 0.4) is 0 Å². The molecule has 1 aromatic heterocycles. The highest BCUT2D eigenvalue weighted by Gasteiger charge is 2.18. The number of nitrogens with zero attached hydrogens (tertiary/aromatic N) is 2. The Morgan fingerprint density at radius 1 is 0.971 bits per heavy atom. The largest absolute Gasteiger partial charge is 0.493 e. The normalized spacial score (nSPS) is 11.6. The zero-order valence-electron chi connectivity index (χ0n) is 20.0. The third-order valence-electron chi connectivity index (χ3n) is 5.44. The molecule has 1 heterocycles. The van der Waals surface area contributed by atoms with Gasteiger partial charge >= 0.3 is 5.97 Å². The minimum atomic E-state index is -0.288. The molecule has 180 valence electrons. The maximum Gasteiger partial charge on any atom is 0.312 e. The molecule has 7 heteroatoms. The van der Waals surface area contributed by atoms with Crippen molar-refractivity contribution in [1.82, 2.24) is 9.55 Å². The number of aromatic nitrogens is 2. The van der Waals surface area contributed by atoms with Crippen LogP contribution in [-0.2, 0) is 22.5 Å². The van der Waals surface area contributed by atoms with Gasteiger partial charge in [0, 0.05) is 18.1 Å². The molecule has 1 unspecified atom stereocenters. The van der Waals surface area contributed by atoms with Crippen molar-refractivity contribution < 1.29 is 19.0 Å². The zero-order valence-corrected chi connectivity index (χ0v) is 20.0. The molecule has 0 radical (unpaired) electrons. The topological polar surface area (TPSA) is 79.7 Å². The van der Waals surface area contributed by atoms with Crippen molar-refractivity contribution in [2.75, 3.05) is 19.8 Å². The Hall–Kier alpha value is -3.61. The van der Waals surface area contributed by atoms with Crippen molar-refractivity contribution in [1.29, 1.82) is 0 Å². The molecule has 0 fully saturated rings. The van der Waals surface area contributed by atoms with Crippen LogP contribution in [0.1, 0.15) is 33.0 Å². The molecule has 0 spiro atoms. The highest BCUT2D eigenvalue weighted by atomic mass is 16.5. The highest BCUT2D eigenvalue weighted by molar-refractivity contribution is 5.72. The van der Waals surface area contributed by atoms with Gasteiger partial charge in [-0.1, -0.05) is 44.2 Å². The molecule has 0 saturated heterocycles. The van der Waals surface area contributed by atoms with E-state index >= 15 is 0 Å². The van der Waals surface area contributed by atoms with Crippen LogP contribution >= 0.6 is 0 Å². The van der Waals surface area contributed by atoms with Gasteiger partial charge in [-0.05, 0) is 37.6 Å². The maximum atomic E-state index is 12.7. The Kier molecular flexibility index (Phi) is 9.26. The van der Waals surface area contributed by atoms with E-state index in [9.17, 15) is 9.59 Å². The summed E-state index contributed by atoms with van der Waals surface area (Å²) in [5, 5.41) is 0. The minimum absolute atomic E-state index is 0.0925. The number of ether oxygens (including phenoxy) is 3. The molecular weight excluding hydrogens is 432 g/mol. The number of aryl methyl sites for hydroxylation is 1. The van der Waals surface area contributed by atoms with Crippen molar-refractivity contribution in [2.24, 2.45) is 5.92 Å². The van der Waals surface area contributed by atoms with Gasteiger partial charge in [0.1, 0.15) is 30.5 Å². The molecule has 0 N–H and O–H groups in total. The predicted molar refractivity (Wildman–Crippen MR) is 131 cm³/mol. The van der Waals surface area contributed by atoms with Crippen molar-refractivity contribution in [2.45, 2.75) is 40.2 Å². The molecule has 34 heavy (non-hydrogen) atoms. The number of esters is 1. The second kappa shape index (κ2) is 12.6. The van der Waals surface area contributed by atoms with Crippen molar-refractivity contribution >= 4 is 5.97 Å². The van der Waals surface area contributed by atoms with Gasteiger partial charge in [0.05, 0.1) is 24.8 Å². The van der Waals surface area contributed by atoms with E-state index in [0.29, 0.717) is 49.8 Å². The van der Waals surface area contributed by atoms with E-state index in [2.05, 4.69) is 4.98 Å². The van der Waals surface area contributed by atoms with Crippen molar-refractivity contribution in [3.8, 4) is 22.8 Å². The average Bonchev–Trinajstić information content (AvgIpc) is 2.86. The molecule has 0 saturated carbocycles. The van der Waals surface area contributed by atoms with Crippen LogP contribution in [0.25, 0.3) is 11.3 Å². The van der Waals surface area contributed by atoms with Crippen LogP contribution in [0.5, 0.6) is 11.5 Å². The second-order valence-electron chi connectivity index (χ2n) is 7.76. The fraction of sp³-hybridized carbons (Fsp3) is 0.370. The van der Waals surface area contributed by atoms with Gasteiger partial charge in [-0.3, -0.25) is 14.2 Å². The number of carbonyl (C=O) groups excluding carboxylic acids is 1. The van der Waals surface area contributed by atoms with Crippen LogP contribution in [0.15, 0.2) is 65.5 Å². The summed E-state index contributed by atoms with van der Waals surface area (Å²) in [4.78, 5) is 29.3. The second-order valence-corrected chi connectivity index (χ2v) is 7.76. The lowest BCUT2D eigenvalue weighted by molar-refractivity contribution is -0.149. The summed E-state index contributed by atoms with van der Waals surface area (Å²) in [6.45, 7) is 7.07. The van der Waals surface area contributed by atoms with Gasteiger partial charge in [0.2, 0.25) is 0 Å². The SMILES string of the molecule is CCOC(=O)C(CC)COc1ccc(OCCn2c(CC)nc(-c3ccccc3)cc2=O)cc1. The Morgan fingerprint density at radius 3 is 2.26 bits per heavy atom. The van der Waals surface area contributed by atoms with E-state index in [1.54, 1.807) is 41.8 Å². The maximum absolute atomic E-state index is 12.7. The fourth-order valence-electron chi connectivity index (χ4n) is 3.52. The van der Waals surface area contributed by atoms with Crippen LogP contribution in [0.2, 0.25) is 0 Å². The molecule has 2 aromatic carbocycles. The fourth-order valence-corrected chi connectivity index (χ4v) is 3.52. The first-order valence-corrected chi connectivity index (χ1v) is 11.7. The smallest absolute Gasteiger partial charge is 0.312 e. The third kappa shape index (κ3) is 6.70. The van der Waals surface area contributed by atoms with E-state index in [1.807, 2.05) is 44.2 Å². The van der Waals surface area contributed by atoms with Crippen LogP contribution < -0.4 is 15.0 Å². The standard InChI is InChI=1S/C27H32N2O5/c1-4-20(27(31)32-6-3)19-34-23-14-12-22(13-15-23)33-17-16-29-25(5-2)28-24(18-26(29)30)21-10-8-7-9-11-21/h7-15,18,20H,4-6,16-17,19H2,1-3H3. The first-order chi connectivity index (χ1) is 16.5. The van der Waals surface area contributed by atoms with Crippen LogP contribution in [0, 0.1) is 5.92 Å². The van der Waals surface area contributed by atoms with Crippen molar-refractivity contribution in [3.05, 3.63) is 76.8 Å². The summed E-state index contributed by atoms with van der Waals surface area (Å²) in [6, 6.07) is 18.5. The number of hydrogen-bond donors (Lipinski definition) is 0. The number of hydrogen-bond acceptors (Lipinski definition) is 6. The Morgan fingerprint density at radius 2 is 1.65 bits per heavy atom. The number of carbonyl (C=O) groups is 1. The molecule has 3 rings (SSSR count). The van der Waals surface area contributed by atoms with Crippen LogP contribution in [0.4, 0.5) is 0 Å². The average molecular weight is 465 g/mol. The van der Waals surface area contributed by atoms with Gasteiger partial charge in [-0.2, -0.15) is 0 Å². The molecule has 0 aliphatic rings. The Bertz CT molecular complexity index is 1110. The quantitative estimate of drug-likeness (QED) is 0.367. The molecule has 0 aliphatic carbocycles. The molecule has 0 bridgehead atoms. The van der Waals surface area contributed by atoms with E-state index < -0.39 is 0 Å².